The number of nitrogens with zero attached hydrogens (tertiary/aromatic N) is 1. The largest absolute Gasteiger partial charge is 0.381 e. The highest BCUT2D eigenvalue weighted by Crippen LogP contribution is 2.16. The van der Waals surface area contributed by atoms with Crippen molar-refractivity contribution in [3.8, 4) is 0 Å². The Balaban J connectivity index is 2.06. The van der Waals surface area contributed by atoms with E-state index in [1.165, 1.54) is 0 Å². The standard InChI is InChI=1S/C11H20N2O4S/c1-12-10-8-18(15,16)5-3-13(11(10)14)6-9-2-4-17-7-9/h9-10,12H,2-8H2,1H3. The zero-order chi connectivity index (χ0) is 13.2. The molecule has 1 N–H and O–H groups in total. The number of rotatable bonds is 3. The fourth-order valence-electron chi connectivity index (χ4n) is 2.42. The van der Waals surface area contributed by atoms with E-state index in [4.69, 9.17) is 4.74 Å². The van der Waals surface area contributed by atoms with E-state index >= 15 is 0 Å². The zero-order valence-corrected chi connectivity index (χ0v) is 11.4. The average Bonchev–Trinajstić information content (AvgIpc) is 2.79. The molecule has 18 heavy (non-hydrogen) atoms. The maximum atomic E-state index is 12.2. The summed E-state index contributed by atoms with van der Waals surface area (Å²) in [4.78, 5) is 13.9. The summed E-state index contributed by atoms with van der Waals surface area (Å²) in [5, 5.41) is 2.80. The van der Waals surface area contributed by atoms with Gasteiger partial charge in [0, 0.05) is 25.6 Å². The molecular weight excluding hydrogens is 256 g/mol. The van der Waals surface area contributed by atoms with Crippen molar-refractivity contribution in [2.75, 3.05) is 44.9 Å². The van der Waals surface area contributed by atoms with Gasteiger partial charge in [0.05, 0.1) is 18.1 Å². The summed E-state index contributed by atoms with van der Waals surface area (Å²) in [7, 11) is -1.51. The Kier molecular flexibility index (Phi) is 4.24. The summed E-state index contributed by atoms with van der Waals surface area (Å²) in [6.45, 7) is 2.31. The first kappa shape index (κ1) is 13.8. The Morgan fingerprint density at radius 3 is 2.89 bits per heavy atom. The van der Waals surface area contributed by atoms with E-state index in [9.17, 15) is 13.2 Å². The molecule has 7 heteroatoms. The molecule has 1 amide bonds. The van der Waals surface area contributed by atoms with Crippen LogP contribution in [0.4, 0.5) is 0 Å². The molecule has 0 spiro atoms. The molecule has 2 unspecified atom stereocenters. The van der Waals surface area contributed by atoms with E-state index in [0.29, 0.717) is 25.6 Å². The Hall–Kier alpha value is -0.660. The third kappa shape index (κ3) is 3.21. The Morgan fingerprint density at radius 1 is 1.50 bits per heavy atom. The summed E-state index contributed by atoms with van der Waals surface area (Å²) in [5.41, 5.74) is 0. The number of ether oxygens (including phenoxy) is 1. The van der Waals surface area contributed by atoms with Crippen LogP contribution in [0.5, 0.6) is 0 Å². The normalized spacial score (nSPS) is 32.5. The van der Waals surface area contributed by atoms with Crippen LogP contribution in [-0.2, 0) is 19.4 Å². The lowest BCUT2D eigenvalue weighted by Gasteiger charge is -2.25. The molecule has 2 rings (SSSR count). The number of carbonyl (C=O) groups is 1. The summed E-state index contributed by atoms with van der Waals surface area (Å²) in [5.74, 6) is 0.197. The maximum absolute atomic E-state index is 12.2. The molecule has 2 saturated heterocycles. The van der Waals surface area contributed by atoms with Crippen LogP contribution in [0.1, 0.15) is 6.42 Å². The third-order valence-electron chi connectivity index (χ3n) is 3.55. The van der Waals surface area contributed by atoms with Crippen LogP contribution in [0.2, 0.25) is 0 Å². The number of sulfone groups is 1. The quantitative estimate of drug-likeness (QED) is 0.706. The summed E-state index contributed by atoms with van der Waals surface area (Å²) in [6.07, 6.45) is 0.945. The van der Waals surface area contributed by atoms with Gasteiger partial charge in [-0.25, -0.2) is 8.42 Å². The van der Waals surface area contributed by atoms with Crippen molar-refractivity contribution in [1.29, 1.82) is 0 Å². The van der Waals surface area contributed by atoms with Gasteiger partial charge in [-0.3, -0.25) is 4.79 Å². The van der Waals surface area contributed by atoms with Gasteiger partial charge in [0.1, 0.15) is 6.04 Å². The van der Waals surface area contributed by atoms with Gasteiger partial charge in [0.25, 0.3) is 0 Å². The molecule has 0 bridgehead atoms. The van der Waals surface area contributed by atoms with Gasteiger partial charge < -0.3 is 15.0 Å². The Bertz CT molecular complexity index is 403. The van der Waals surface area contributed by atoms with E-state index in [1.807, 2.05) is 0 Å². The molecule has 0 radical (unpaired) electrons. The minimum Gasteiger partial charge on any atom is -0.381 e. The molecule has 2 atom stereocenters. The monoisotopic (exact) mass is 276 g/mol. The minimum atomic E-state index is -3.14. The van der Waals surface area contributed by atoms with Crippen molar-refractivity contribution < 1.29 is 17.9 Å². The summed E-state index contributed by atoms with van der Waals surface area (Å²) < 4.78 is 28.7. The third-order valence-corrected chi connectivity index (χ3v) is 5.20. The van der Waals surface area contributed by atoms with Crippen LogP contribution in [0.15, 0.2) is 0 Å². The SMILES string of the molecule is CNC1CS(=O)(=O)CCN(CC2CCOC2)C1=O. The van der Waals surface area contributed by atoms with Crippen LogP contribution >= 0.6 is 0 Å². The van der Waals surface area contributed by atoms with Crippen molar-refractivity contribution in [2.45, 2.75) is 12.5 Å². The molecule has 0 aromatic heterocycles. The smallest absolute Gasteiger partial charge is 0.240 e. The topological polar surface area (TPSA) is 75.7 Å². The van der Waals surface area contributed by atoms with Gasteiger partial charge in [0.15, 0.2) is 9.84 Å². The number of likely N-dealkylation sites (N-methyl/N-ethyl adjacent to an activating group) is 1. The number of nitrogens with one attached hydrogen (secondary N) is 1. The first-order valence-electron chi connectivity index (χ1n) is 6.26. The van der Waals surface area contributed by atoms with E-state index in [2.05, 4.69) is 5.32 Å². The maximum Gasteiger partial charge on any atom is 0.240 e. The van der Waals surface area contributed by atoms with Gasteiger partial charge in [-0.05, 0) is 13.5 Å². The highest BCUT2D eigenvalue weighted by atomic mass is 32.2. The molecule has 2 fully saturated rings. The Morgan fingerprint density at radius 2 is 2.28 bits per heavy atom. The second-order valence-corrected chi connectivity index (χ2v) is 7.20. The van der Waals surface area contributed by atoms with E-state index in [-0.39, 0.29) is 17.4 Å². The highest BCUT2D eigenvalue weighted by molar-refractivity contribution is 7.91. The van der Waals surface area contributed by atoms with E-state index in [0.717, 1.165) is 13.0 Å². The molecule has 2 aliphatic heterocycles. The number of hydrogen-bond donors (Lipinski definition) is 1. The van der Waals surface area contributed by atoms with Crippen LogP contribution in [0.3, 0.4) is 0 Å². The lowest BCUT2D eigenvalue weighted by atomic mass is 10.1. The highest BCUT2D eigenvalue weighted by Gasteiger charge is 2.34. The van der Waals surface area contributed by atoms with Crippen LogP contribution in [-0.4, -0.2) is 70.1 Å². The van der Waals surface area contributed by atoms with Gasteiger partial charge in [-0.15, -0.1) is 0 Å². The lowest BCUT2D eigenvalue weighted by Crippen LogP contribution is -2.47. The molecule has 6 nitrogen and oxygen atoms in total. The van der Waals surface area contributed by atoms with Gasteiger partial charge in [-0.1, -0.05) is 0 Å². The second kappa shape index (κ2) is 5.54. The molecule has 0 aliphatic carbocycles. The average molecular weight is 276 g/mol. The predicted octanol–water partition coefficient (Wildman–Crippen LogP) is -1.13. The van der Waals surface area contributed by atoms with Gasteiger partial charge in [-0.2, -0.15) is 0 Å². The van der Waals surface area contributed by atoms with E-state index in [1.54, 1.807) is 11.9 Å². The fourth-order valence-corrected chi connectivity index (χ4v) is 3.90. The first-order chi connectivity index (χ1) is 8.52. The van der Waals surface area contributed by atoms with Crippen LogP contribution in [0, 0.1) is 5.92 Å². The number of amides is 1. The lowest BCUT2D eigenvalue weighted by molar-refractivity contribution is -0.133. The van der Waals surface area contributed by atoms with Crippen molar-refractivity contribution in [3.05, 3.63) is 0 Å². The first-order valence-corrected chi connectivity index (χ1v) is 8.08. The van der Waals surface area contributed by atoms with Crippen molar-refractivity contribution >= 4 is 15.7 Å². The van der Waals surface area contributed by atoms with Crippen molar-refractivity contribution in [1.82, 2.24) is 10.2 Å². The predicted molar refractivity (Wildman–Crippen MR) is 67.0 cm³/mol. The Labute approximate surface area is 108 Å². The molecular formula is C11H20N2O4S. The molecule has 2 heterocycles. The molecule has 0 aromatic rings. The minimum absolute atomic E-state index is 0.0600. The van der Waals surface area contributed by atoms with E-state index < -0.39 is 15.9 Å². The van der Waals surface area contributed by atoms with Crippen molar-refractivity contribution in [2.24, 2.45) is 5.92 Å². The zero-order valence-electron chi connectivity index (χ0n) is 10.6. The fraction of sp³-hybridized carbons (Fsp3) is 0.909. The van der Waals surface area contributed by atoms with Crippen LogP contribution < -0.4 is 5.32 Å². The summed E-state index contributed by atoms with van der Waals surface area (Å²) in [6, 6.07) is -0.611. The second-order valence-electron chi connectivity index (χ2n) is 4.97. The molecule has 2 aliphatic rings. The molecule has 104 valence electrons. The number of carbonyl (C=O) groups excluding carboxylic acids is 1. The van der Waals surface area contributed by atoms with Gasteiger partial charge >= 0.3 is 0 Å². The van der Waals surface area contributed by atoms with Gasteiger partial charge in [0.2, 0.25) is 5.91 Å². The summed E-state index contributed by atoms with van der Waals surface area (Å²) >= 11 is 0. The molecule has 0 saturated carbocycles. The number of hydrogen-bond acceptors (Lipinski definition) is 5. The van der Waals surface area contributed by atoms with Crippen LogP contribution in [0.25, 0.3) is 0 Å². The van der Waals surface area contributed by atoms with Crippen molar-refractivity contribution in [3.63, 3.8) is 0 Å². The molecule has 0 aromatic carbocycles.